The molecule has 0 heterocycles. The zero-order chi connectivity index (χ0) is 21.2. The quantitative estimate of drug-likeness (QED) is 0.415. The molecule has 0 radical (unpaired) electrons. The Morgan fingerprint density at radius 2 is 1.72 bits per heavy atom. The van der Waals surface area contributed by atoms with Crippen LogP contribution in [-0.4, -0.2) is 51.2 Å². The molecule has 0 aromatic heterocycles. The summed E-state index contributed by atoms with van der Waals surface area (Å²) in [6.45, 7) is -1.61. The molecular formula is C21H25F2N3O3. The first-order valence-corrected chi connectivity index (χ1v) is 9.05. The van der Waals surface area contributed by atoms with Crippen molar-refractivity contribution < 1.29 is 23.0 Å². The summed E-state index contributed by atoms with van der Waals surface area (Å²) >= 11 is 0. The molecule has 2 aromatic carbocycles. The third kappa shape index (κ3) is 7.06. The molecule has 6 nitrogen and oxygen atoms in total. The molecule has 0 aliphatic rings. The molecule has 1 N–H and O–H groups in total. The van der Waals surface area contributed by atoms with Crippen molar-refractivity contribution in [2.45, 2.75) is 19.6 Å². The summed E-state index contributed by atoms with van der Waals surface area (Å²) in [7, 11) is 4.95. The maximum Gasteiger partial charge on any atom is 0.387 e. The lowest BCUT2D eigenvalue weighted by atomic mass is 10.1. The van der Waals surface area contributed by atoms with Gasteiger partial charge in [-0.05, 0) is 41.8 Å². The number of hydrogen-bond donors (Lipinski definition) is 1. The third-order valence-corrected chi connectivity index (χ3v) is 4.21. The summed E-state index contributed by atoms with van der Waals surface area (Å²) < 4.78 is 33.5. The molecule has 0 aliphatic heterocycles. The SMILES string of the molecule is CN=C(NCCc1ccc(C(=O)OC)cc1)N(C)Cc1ccc(OC(F)F)cc1. The van der Waals surface area contributed by atoms with Gasteiger partial charge in [-0.3, -0.25) is 4.99 Å². The van der Waals surface area contributed by atoms with Crippen molar-refractivity contribution in [3.63, 3.8) is 0 Å². The van der Waals surface area contributed by atoms with Gasteiger partial charge in [0, 0.05) is 27.2 Å². The Bertz CT molecular complexity index is 809. The number of rotatable bonds is 8. The zero-order valence-electron chi connectivity index (χ0n) is 16.7. The van der Waals surface area contributed by atoms with Crippen molar-refractivity contribution >= 4 is 11.9 Å². The van der Waals surface area contributed by atoms with E-state index in [-0.39, 0.29) is 11.7 Å². The summed E-state index contributed by atoms with van der Waals surface area (Å²) in [5, 5.41) is 3.28. The molecule has 0 bridgehead atoms. The minimum Gasteiger partial charge on any atom is -0.465 e. The molecule has 0 fully saturated rings. The minimum atomic E-state index is -2.83. The van der Waals surface area contributed by atoms with Crippen LogP contribution in [0.3, 0.4) is 0 Å². The first-order chi connectivity index (χ1) is 13.9. The smallest absolute Gasteiger partial charge is 0.387 e. The number of methoxy groups -OCH3 is 1. The number of alkyl halides is 2. The molecule has 0 aliphatic carbocycles. The maximum absolute atomic E-state index is 12.2. The number of carbonyl (C=O) groups excluding carboxylic acids is 1. The number of benzene rings is 2. The van der Waals surface area contributed by atoms with Gasteiger partial charge < -0.3 is 19.7 Å². The van der Waals surface area contributed by atoms with Crippen molar-refractivity contribution in [2.24, 2.45) is 4.99 Å². The summed E-state index contributed by atoms with van der Waals surface area (Å²) in [5.41, 5.74) is 2.54. The summed E-state index contributed by atoms with van der Waals surface area (Å²) in [6.07, 6.45) is 0.758. The number of esters is 1. The van der Waals surface area contributed by atoms with Gasteiger partial charge in [-0.25, -0.2) is 4.79 Å². The van der Waals surface area contributed by atoms with E-state index in [9.17, 15) is 13.6 Å². The fourth-order valence-electron chi connectivity index (χ4n) is 2.75. The van der Waals surface area contributed by atoms with Crippen molar-refractivity contribution in [2.75, 3.05) is 27.7 Å². The highest BCUT2D eigenvalue weighted by atomic mass is 19.3. The van der Waals surface area contributed by atoms with E-state index in [1.165, 1.54) is 19.2 Å². The molecule has 8 heteroatoms. The van der Waals surface area contributed by atoms with Crippen LogP contribution in [0.1, 0.15) is 21.5 Å². The van der Waals surface area contributed by atoms with Crippen LogP contribution in [-0.2, 0) is 17.7 Å². The number of nitrogens with zero attached hydrogens (tertiary/aromatic N) is 2. The van der Waals surface area contributed by atoms with Gasteiger partial charge in [0.1, 0.15) is 5.75 Å². The highest BCUT2D eigenvalue weighted by molar-refractivity contribution is 5.89. The Morgan fingerprint density at radius 3 is 2.28 bits per heavy atom. The van der Waals surface area contributed by atoms with Gasteiger partial charge in [0.25, 0.3) is 0 Å². The van der Waals surface area contributed by atoms with Crippen molar-refractivity contribution in [3.8, 4) is 5.75 Å². The number of guanidine groups is 1. The average molecular weight is 405 g/mol. The summed E-state index contributed by atoms with van der Waals surface area (Å²) in [4.78, 5) is 17.7. The molecule has 0 saturated heterocycles. The monoisotopic (exact) mass is 405 g/mol. The first kappa shape index (κ1) is 22.1. The number of ether oxygens (including phenoxy) is 2. The number of hydrogen-bond acceptors (Lipinski definition) is 4. The second-order valence-electron chi connectivity index (χ2n) is 6.29. The molecule has 0 atom stereocenters. The maximum atomic E-state index is 12.2. The topological polar surface area (TPSA) is 63.2 Å². The van der Waals surface area contributed by atoms with Crippen molar-refractivity contribution in [3.05, 3.63) is 65.2 Å². The third-order valence-electron chi connectivity index (χ3n) is 4.21. The summed E-state index contributed by atoms with van der Waals surface area (Å²) in [6, 6.07) is 13.8. The van der Waals surface area contributed by atoms with E-state index in [0.717, 1.165) is 17.5 Å². The molecule has 0 spiro atoms. The number of carbonyl (C=O) groups is 1. The predicted octanol–water partition coefficient (Wildman–Crippen LogP) is 3.32. The fraction of sp³-hybridized carbons (Fsp3) is 0.333. The lowest BCUT2D eigenvalue weighted by Crippen LogP contribution is -2.39. The van der Waals surface area contributed by atoms with Crippen LogP contribution < -0.4 is 10.1 Å². The molecular weight excluding hydrogens is 380 g/mol. The molecule has 29 heavy (non-hydrogen) atoms. The predicted molar refractivity (Wildman–Crippen MR) is 107 cm³/mol. The van der Waals surface area contributed by atoms with E-state index in [1.54, 1.807) is 31.3 Å². The van der Waals surface area contributed by atoms with Gasteiger partial charge in [-0.1, -0.05) is 24.3 Å². The van der Waals surface area contributed by atoms with Crippen LogP contribution in [0.4, 0.5) is 8.78 Å². The van der Waals surface area contributed by atoms with Gasteiger partial charge in [0.15, 0.2) is 5.96 Å². The molecule has 0 amide bonds. The Hall–Kier alpha value is -3.16. The Labute approximate surface area is 169 Å². The molecule has 2 rings (SSSR count). The van der Waals surface area contributed by atoms with E-state index < -0.39 is 6.61 Å². The van der Waals surface area contributed by atoms with E-state index in [2.05, 4.69) is 19.8 Å². The summed E-state index contributed by atoms with van der Waals surface area (Å²) in [5.74, 6) is 0.488. The van der Waals surface area contributed by atoms with Crippen LogP contribution in [0, 0.1) is 0 Å². The van der Waals surface area contributed by atoms with Gasteiger partial charge >= 0.3 is 12.6 Å². The van der Waals surface area contributed by atoms with E-state index in [4.69, 9.17) is 0 Å². The highest BCUT2D eigenvalue weighted by Gasteiger charge is 2.09. The number of nitrogens with one attached hydrogen (secondary N) is 1. The van der Waals surface area contributed by atoms with Gasteiger partial charge in [0.2, 0.25) is 0 Å². The molecule has 0 saturated carbocycles. The van der Waals surface area contributed by atoms with Gasteiger partial charge in [-0.2, -0.15) is 8.78 Å². The van der Waals surface area contributed by atoms with Crippen LogP contribution in [0.2, 0.25) is 0 Å². The zero-order valence-corrected chi connectivity index (χ0v) is 16.7. The van der Waals surface area contributed by atoms with Crippen LogP contribution in [0.25, 0.3) is 0 Å². The molecule has 0 unspecified atom stereocenters. The van der Waals surface area contributed by atoms with Crippen LogP contribution in [0.5, 0.6) is 5.75 Å². The Kier molecular flexibility index (Phi) is 8.39. The standard InChI is InChI=1S/C21H25F2N3O3/c1-24-21(25-13-12-15-4-8-17(9-5-15)19(27)28-3)26(2)14-16-6-10-18(11-7-16)29-20(22)23/h4-11,20H,12-14H2,1-3H3,(H,24,25). The minimum absolute atomic E-state index is 0.132. The van der Waals surface area contributed by atoms with Crippen LogP contribution >= 0.6 is 0 Å². The lowest BCUT2D eigenvalue weighted by molar-refractivity contribution is -0.0498. The van der Waals surface area contributed by atoms with Crippen molar-refractivity contribution in [1.29, 1.82) is 0 Å². The normalized spacial score (nSPS) is 11.3. The van der Waals surface area contributed by atoms with E-state index >= 15 is 0 Å². The Balaban J connectivity index is 1.83. The van der Waals surface area contributed by atoms with Gasteiger partial charge in [0.05, 0.1) is 12.7 Å². The Morgan fingerprint density at radius 1 is 1.10 bits per heavy atom. The second-order valence-corrected chi connectivity index (χ2v) is 6.29. The highest BCUT2D eigenvalue weighted by Crippen LogP contribution is 2.15. The first-order valence-electron chi connectivity index (χ1n) is 9.05. The molecule has 2 aromatic rings. The number of halogens is 2. The fourth-order valence-corrected chi connectivity index (χ4v) is 2.75. The van der Waals surface area contributed by atoms with Crippen LogP contribution in [0.15, 0.2) is 53.5 Å². The number of aliphatic imine (C=N–C) groups is 1. The van der Waals surface area contributed by atoms with Gasteiger partial charge in [-0.15, -0.1) is 0 Å². The lowest BCUT2D eigenvalue weighted by Gasteiger charge is -2.22. The second kappa shape index (κ2) is 11.0. The average Bonchev–Trinajstić information content (AvgIpc) is 2.72. The largest absolute Gasteiger partial charge is 0.465 e. The van der Waals surface area contributed by atoms with E-state index in [0.29, 0.717) is 24.6 Å². The molecule has 156 valence electrons. The van der Waals surface area contributed by atoms with E-state index in [1.807, 2.05) is 24.1 Å². The van der Waals surface area contributed by atoms with Crippen molar-refractivity contribution in [1.82, 2.24) is 10.2 Å².